The molecule has 1 unspecified atom stereocenters. The van der Waals surface area contributed by atoms with Crippen molar-refractivity contribution in [1.82, 2.24) is 0 Å². The van der Waals surface area contributed by atoms with Crippen LogP contribution in [-0.4, -0.2) is 14.2 Å². The molecule has 0 amide bonds. The third-order valence-corrected chi connectivity index (χ3v) is 5.87. The number of ketones is 1. The van der Waals surface area contributed by atoms with Crippen LogP contribution in [0.3, 0.4) is 0 Å². The lowest BCUT2D eigenvalue weighted by molar-refractivity contribution is 0.0971. The van der Waals surface area contributed by atoms with Crippen LogP contribution in [-0.2, 0) is 9.84 Å². The Hall–Kier alpha value is -2.20. The predicted octanol–water partition coefficient (Wildman–Crippen LogP) is 4.27. The minimum Gasteiger partial charge on any atom is -0.294 e. The number of sulfone groups is 1. The average Bonchev–Trinajstić information content (AvgIpc) is 2.56. The number of allylic oxidation sites excluding steroid dienone is 2. The molecule has 0 bridgehead atoms. The normalized spacial score (nSPS) is 13.6. The minimum absolute atomic E-state index is 0.0549. The van der Waals surface area contributed by atoms with Crippen molar-refractivity contribution in [2.24, 2.45) is 5.92 Å². The van der Waals surface area contributed by atoms with E-state index in [1.807, 2.05) is 6.07 Å². The number of carbonyl (C=O) groups excluding carboxylic acids is 1. The largest absolute Gasteiger partial charge is 0.294 e. The Kier molecular flexibility index (Phi) is 5.50. The first-order chi connectivity index (χ1) is 11.0. The van der Waals surface area contributed by atoms with Gasteiger partial charge in [-0.25, -0.2) is 8.42 Å². The topological polar surface area (TPSA) is 51.2 Å². The van der Waals surface area contributed by atoms with Gasteiger partial charge in [-0.15, -0.1) is 0 Å². The van der Waals surface area contributed by atoms with Crippen molar-refractivity contribution in [2.75, 3.05) is 0 Å². The summed E-state index contributed by atoms with van der Waals surface area (Å²) in [7, 11) is -3.57. The van der Waals surface area contributed by atoms with Crippen LogP contribution in [0, 0.1) is 5.92 Å². The Morgan fingerprint density at radius 2 is 1.52 bits per heavy atom. The molecule has 4 heteroatoms. The van der Waals surface area contributed by atoms with Gasteiger partial charge in [-0.05, 0) is 25.0 Å². The zero-order chi connectivity index (χ0) is 16.9. The summed E-state index contributed by atoms with van der Waals surface area (Å²) in [4.78, 5) is 12.9. The minimum atomic E-state index is -3.57. The van der Waals surface area contributed by atoms with E-state index in [1.165, 1.54) is 0 Å². The molecule has 0 aromatic heterocycles. The van der Waals surface area contributed by atoms with Crippen LogP contribution in [0.1, 0.15) is 30.6 Å². The van der Waals surface area contributed by atoms with Gasteiger partial charge < -0.3 is 0 Å². The van der Waals surface area contributed by atoms with Crippen LogP contribution < -0.4 is 0 Å². The maximum atomic E-state index is 12.7. The fourth-order valence-electron chi connectivity index (χ4n) is 2.56. The molecule has 0 aliphatic carbocycles. The fourth-order valence-corrected chi connectivity index (χ4v) is 4.27. The van der Waals surface area contributed by atoms with E-state index in [2.05, 4.69) is 0 Å². The first kappa shape index (κ1) is 17.2. The molecule has 0 saturated carbocycles. The number of benzene rings is 2. The molecular weight excluding hydrogens is 308 g/mol. The molecule has 0 saturated heterocycles. The molecule has 0 aliphatic heterocycles. The first-order valence-electron chi connectivity index (χ1n) is 7.51. The molecule has 0 spiro atoms. The zero-order valence-electron chi connectivity index (χ0n) is 13.3. The van der Waals surface area contributed by atoms with E-state index in [4.69, 9.17) is 0 Å². The lowest BCUT2D eigenvalue weighted by atomic mass is 9.99. The van der Waals surface area contributed by atoms with E-state index in [0.717, 1.165) is 0 Å². The standard InChI is InChI=1S/C19H20O3S/c1-3-19(23(21,22)17-12-8-5-9-13-17)15(2)14-18(20)16-10-6-4-7-11-16/h3-13,15H,14H2,1-2H3/b19-3+. The second-order valence-electron chi connectivity index (χ2n) is 5.40. The van der Waals surface area contributed by atoms with Crippen molar-refractivity contribution in [2.45, 2.75) is 25.2 Å². The van der Waals surface area contributed by atoms with Crippen LogP contribution in [0.15, 0.2) is 76.5 Å². The summed E-state index contributed by atoms with van der Waals surface area (Å²) in [5.41, 5.74) is 0.604. The van der Waals surface area contributed by atoms with Gasteiger partial charge in [-0.3, -0.25) is 4.79 Å². The van der Waals surface area contributed by atoms with Gasteiger partial charge in [-0.2, -0.15) is 0 Å². The third kappa shape index (κ3) is 3.96. The molecule has 2 aromatic carbocycles. The lowest BCUT2D eigenvalue weighted by Gasteiger charge is -2.16. The smallest absolute Gasteiger partial charge is 0.202 e. The van der Waals surface area contributed by atoms with Crippen molar-refractivity contribution < 1.29 is 13.2 Å². The van der Waals surface area contributed by atoms with E-state index in [1.54, 1.807) is 74.5 Å². The number of carbonyl (C=O) groups is 1. The predicted molar refractivity (Wildman–Crippen MR) is 91.9 cm³/mol. The molecule has 0 N–H and O–H groups in total. The van der Waals surface area contributed by atoms with Gasteiger partial charge in [-0.1, -0.05) is 61.5 Å². The van der Waals surface area contributed by atoms with Gasteiger partial charge in [0, 0.05) is 16.9 Å². The zero-order valence-corrected chi connectivity index (χ0v) is 14.1. The van der Waals surface area contributed by atoms with Crippen molar-refractivity contribution in [1.29, 1.82) is 0 Å². The van der Waals surface area contributed by atoms with Crippen LogP contribution in [0.25, 0.3) is 0 Å². The van der Waals surface area contributed by atoms with E-state index >= 15 is 0 Å². The Balaban J connectivity index is 2.23. The summed E-state index contributed by atoms with van der Waals surface area (Å²) in [6.07, 6.45) is 1.75. The molecule has 120 valence electrons. The summed E-state index contributed by atoms with van der Waals surface area (Å²) in [6, 6.07) is 17.2. The summed E-state index contributed by atoms with van der Waals surface area (Å²) in [5.74, 6) is -0.432. The number of hydrogen-bond donors (Lipinski definition) is 0. The summed E-state index contributed by atoms with van der Waals surface area (Å²) >= 11 is 0. The summed E-state index contributed by atoms with van der Waals surface area (Å²) in [5, 5.41) is 0. The number of rotatable bonds is 6. The highest BCUT2D eigenvalue weighted by Crippen LogP contribution is 2.28. The second kappa shape index (κ2) is 7.38. The lowest BCUT2D eigenvalue weighted by Crippen LogP contribution is -2.15. The summed E-state index contributed by atoms with van der Waals surface area (Å²) in [6.45, 7) is 3.47. The Morgan fingerprint density at radius 3 is 2.04 bits per heavy atom. The summed E-state index contributed by atoms with van der Waals surface area (Å²) < 4.78 is 25.5. The Morgan fingerprint density at radius 1 is 1.00 bits per heavy atom. The average molecular weight is 328 g/mol. The van der Waals surface area contributed by atoms with Gasteiger partial charge in [0.25, 0.3) is 0 Å². The van der Waals surface area contributed by atoms with Crippen LogP contribution in [0.4, 0.5) is 0 Å². The van der Waals surface area contributed by atoms with Gasteiger partial charge in [0.1, 0.15) is 0 Å². The van der Waals surface area contributed by atoms with Crippen molar-refractivity contribution in [3.05, 3.63) is 77.2 Å². The fraction of sp³-hybridized carbons (Fsp3) is 0.211. The van der Waals surface area contributed by atoms with E-state index in [9.17, 15) is 13.2 Å². The second-order valence-corrected chi connectivity index (χ2v) is 7.35. The molecule has 3 nitrogen and oxygen atoms in total. The molecule has 0 fully saturated rings. The molecule has 0 radical (unpaired) electrons. The van der Waals surface area contributed by atoms with Gasteiger partial charge in [0.15, 0.2) is 5.78 Å². The van der Waals surface area contributed by atoms with Crippen LogP contribution >= 0.6 is 0 Å². The van der Waals surface area contributed by atoms with Gasteiger partial charge in [0.2, 0.25) is 9.84 Å². The van der Waals surface area contributed by atoms with Crippen LogP contribution in [0.2, 0.25) is 0 Å². The quantitative estimate of drug-likeness (QED) is 0.744. The molecule has 1 atom stereocenters. The number of hydrogen-bond acceptors (Lipinski definition) is 3. The van der Waals surface area contributed by atoms with Crippen molar-refractivity contribution in [3.63, 3.8) is 0 Å². The molecule has 2 aromatic rings. The maximum absolute atomic E-state index is 12.7. The van der Waals surface area contributed by atoms with Crippen molar-refractivity contribution in [3.8, 4) is 0 Å². The van der Waals surface area contributed by atoms with E-state index in [-0.39, 0.29) is 27.9 Å². The third-order valence-electron chi connectivity index (χ3n) is 3.72. The van der Waals surface area contributed by atoms with Crippen molar-refractivity contribution >= 4 is 15.6 Å². The van der Waals surface area contributed by atoms with Gasteiger partial charge in [0.05, 0.1) is 4.90 Å². The Labute approximate surface area is 137 Å². The van der Waals surface area contributed by atoms with E-state index < -0.39 is 9.84 Å². The number of Topliss-reactive ketones (excluding diaryl/α,β-unsaturated/α-hetero) is 1. The molecule has 2 rings (SSSR count). The van der Waals surface area contributed by atoms with Gasteiger partial charge >= 0.3 is 0 Å². The molecule has 0 heterocycles. The highest BCUT2D eigenvalue weighted by atomic mass is 32.2. The van der Waals surface area contributed by atoms with Crippen LogP contribution in [0.5, 0.6) is 0 Å². The molecule has 0 aliphatic rings. The maximum Gasteiger partial charge on any atom is 0.202 e. The van der Waals surface area contributed by atoms with E-state index in [0.29, 0.717) is 5.56 Å². The highest BCUT2D eigenvalue weighted by molar-refractivity contribution is 7.95. The SMILES string of the molecule is C/C=C(\C(C)CC(=O)c1ccccc1)S(=O)(=O)c1ccccc1. The molecule has 23 heavy (non-hydrogen) atoms. The highest BCUT2D eigenvalue weighted by Gasteiger charge is 2.26. The molecular formula is C19H20O3S. The first-order valence-corrected chi connectivity index (χ1v) is 8.99. The monoisotopic (exact) mass is 328 g/mol. The Bertz CT molecular complexity index is 791.